The first-order chi connectivity index (χ1) is 7.93. The summed E-state index contributed by atoms with van der Waals surface area (Å²) >= 11 is 0. The summed E-state index contributed by atoms with van der Waals surface area (Å²) in [5, 5.41) is 10.9. The smallest absolute Gasteiger partial charge is 0.158 e. The van der Waals surface area contributed by atoms with Crippen molar-refractivity contribution in [2.45, 2.75) is 25.5 Å². The van der Waals surface area contributed by atoms with Crippen LogP contribution in [0.1, 0.15) is 25.5 Å². The largest absolute Gasteiger partial charge is 0.357 e. The Balaban J connectivity index is 1.82. The Morgan fingerprint density at radius 3 is 3.19 bits per heavy atom. The molecule has 3 rings (SSSR count). The normalized spacial score (nSPS) is 21.1. The monoisotopic (exact) mass is 219 g/mol. The maximum absolute atomic E-state index is 5.65. The van der Waals surface area contributed by atoms with Crippen LogP contribution in [0.3, 0.4) is 0 Å². The Labute approximate surface area is 92.6 Å². The number of rotatable bonds is 2. The molecule has 0 aromatic carbocycles. The highest BCUT2D eigenvalue weighted by molar-refractivity contribution is 5.50. The Morgan fingerprint density at radius 2 is 2.44 bits per heavy atom. The fourth-order valence-corrected chi connectivity index (χ4v) is 1.89. The lowest BCUT2D eigenvalue weighted by Gasteiger charge is -2.22. The minimum Gasteiger partial charge on any atom is -0.357 e. The molecular formula is C10H13N5O. The van der Waals surface area contributed by atoms with Gasteiger partial charge >= 0.3 is 0 Å². The first-order valence-electron chi connectivity index (χ1n) is 5.45. The molecule has 6 nitrogen and oxygen atoms in total. The van der Waals surface area contributed by atoms with Crippen LogP contribution in [0, 0.1) is 0 Å². The molecule has 0 bridgehead atoms. The van der Waals surface area contributed by atoms with Gasteiger partial charge in [0.25, 0.3) is 0 Å². The molecule has 6 heteroatoms. The zero-order valence-electron chi connectivity index (χ0n) is 8.83. The zero-order chi connectivity index (χ0) is 10.8. The van der Waals surface area contributed by atoms with Gasteiger partial charge < -0.3 is 4.74 Å². The van der Waals surface area contributed by atoms with Gasteiger partial charge in [-0.1, -0.05) is 0 Å². The summed E-state index contributed by atoms with van der Waals surface area (Å²) < 4.78 is 7.51. The molecule has 0 amide bonds. The van der Waals surface area contributed by atoms with Crippen molar-refractivity contribution in [3.8, 4) is 11.4 Å². The summed E-state index contributed by atoms with van der Waals surface area (Å²) in [7, 11) is 0. The highest BCUT2D eigenvalue weighted by Gasteiger charge is 2.17. The molecule has 1 saturated heterocycles. The van der Waals surface area contributed by atoms with Gasteiger partial charge in [-0.3, -0.25) is 5.10 Å². The van der Waals surface area contributed by atoms with Gasteiger partial charge in [0.1, 0.15) is 12.6 Å². The van der Waals surface area contributed by atoms with Gasteiger partial charge in [0, 0.05) is 12.8 Å². The topological polar surface area (TPSA) is 68.6 Å². The number of aromatic amines is 1. The molecule has 1 aliphatic rings. The predicted molar refractivity (Wildman–Crippen MR) is 56.4 cm³/mol. The number of ether oxygens (including phenoxy) is 1. The van der Waals surface area contributed by atoms with Crippen LogP contribution in [-0.4, -0.2) is 31.6 Å². The number of nitrogens with zero attached hydrogens (tertiary/aromatic N) is 4. The molecule has 16 heavy (non-hydrogen) atoms. The van der Waals surface area contributed by atoms with Crippen molar-refractivity contribution in [3.63, 3.8) is 0 Å². The van der Waals surface area contributed by atoms with Gasteiger partial charge in [0.2, 0.25) is 0 Å². The Kier molecular flexibility index (Phi) is 2.41. The lowest BCUT2D eigenvalue weighted by atomic mass is 10.2. The second kappa shape index (κ2) is 4.05. The fraction of sp³-hybridized carbons (Fsp3) is 0.500. The van der Waals surface area contributed by atoms with E-state index in [-0.39, 0.29) is 6.23 Å². The van der Waals surface area contributed by atoms with Gasteiger partial charge in [0.15, 0.2) is 5.82 Å². The first kappa shape index (κ1) is 9.53. The molecule has 1 fully saturated rings. The minimum absolute atomic E-state index is 0.0745. The average molecular weight is 219 g/mol. The van der Waals surface area contributed by atoms with Crippen molar-refractivity contribution in [1.82, 2.24) is 25.0 Å². The lowest BCUT2D eigenvalue weighted by Crippen LogP contribution is -2.18. The average Bonchev–Trinajstić information content (AvgIpc) is 3.01. The van der Waals surface area contributed by atoms with Crippen molar-refractivity contribution in [3.05, 3.63) is 18.7 Å². The number of aromatic nitrogens is 5. The van der Waals surface area contributed by atoms with Crippen molar-refractivity contribution >= 4 is 0 Å². The third-order valence-corrected chi connectivity index (χ3v) is 2.74. The number of hydrogen-bond acceptors (Lipinski definition) is 4. The van der Waals surface area contributed by atoms with Crippen LogP contribution in [0.2, 0.25) is 0 Å². The third-order valence-electron chi connectivity index (χ3n) is 2.74. The fourth-order valence-electron chi connectivity index (χ4n) is 1.89. The van der Waals surface area contributed by atoms with Crippen LogP contribution in [-0.2, 0) is 4.74 Å². The van der Waals surface area contributed by atoms with Gasteiger partial charge in [-0.2, -0.15) is 10.2 Å². The quantitative estimate of drug-likeness (QED) is 0.828. The van der Waals surface area contributed by atoms with E-state index in [9.17, 15) is 0 Å². The van der Waals surface area contributed by atoms with Crippen LogP contribution in [0.4, 0.5) is 0 Å². The summed E-state index contributed by atoms with van der Waals surface area (Å²) in [6.45, 7) is 0.822. The molecule has 0 aliphatic carbocycles. The summed E-state index contributed by atoms with van der Waals surface area (Å²) in [5.74, 6) is 0.738. The van der Waals surface area contributed by atoms with E-state index in [1.807, 2.05) is 10.9 Å². The van der Waals surface area contributed by atoms with E-state index in [0.29, 0.717) is 0 Å². The van der Waals surface area contributed by atoms with E-state index in [1.54, 1.807) is 6.20 Å². The lowest BCUT2D eigenvalue weighted by molar-refractivity contribution is -0.0394. The van der Waals surface area contributed by atoms with Crippen LogP contribution in [0.25, 0.3) is 11.4 Å². The molecule has 0 radical (unpaired) electrons. The molecule has 0 spiro atoms. The van der Waals surface area contributed by atoms with Crippen molar-refractivity contribution in [2.75, 3.05) is 6.61 Å². The molecule has 1 N–H and O–H groups in total. The van der Waals surface area contributed by atoms with Crippen molar-refractivity contribution in [1.29, 1.82) is 0 Å². The molecule has 0 saturated carbocycles. The third kappa shape index (κ3) is 1.71. The molecule has 3 heterocycles. The molecule has 1 atom stereocenters. The molecular weight excluding hydrogens is 206 g/mol. The highest BCUT2D eigenvalue weighted by Crippen LogP contribution is 2.23. The maximum atomic E-state index is 5.65. The second-order valence-corrected chi connectivity index (χ2v) is 3.86. The van der Waals surface area contributed by atoms with Gasteiger partial charge in [-0.25, -0.2) is 9.67 Å². The predicted octanol–water partition coefficient (Wildman–Crippen LogP) is 1.37. The second-order valence-electron chi connectivity index (χ2n) is 3.86. The molecule has 84 valence electrons. The van der Waals surface area contributed by atoms with Crippen LogP contribution in [0.5, 0.6) is 0 Å². The van der Waals surface area contributed by atoms with Gasteiger partial charge in [0.05, 0.1) is 11.8 Å². The summed E-state index contributed by atoms with van der Waals surface area (Å²) in [5.41, 5.74) is 0.937. The number of H-pyrrole nitrogens is 1. The van der Waals surface area contributed by atoms with E-state index >= 15 is 0 Å². The van der Waals surface area contributed by atoms with Crippen LogP contribution in [0.15, 0.2) is 18.7 Å². The maximum Gasteiger partial charge on any atom is 0.158 e. The number of hydrogen-bond donors (Lipinski definition) is 1. The van der Waals surface area contributed by atoms with E-state index in [0.717, 1.165) is 30.8 Å². The zero-order valence-corrected chi connectivity index (χ0v) is 8.83. The highest BCUT2D eigenvalue weighted by atomic mass is 16.5. The van der Waals surface area contributed by atoms with Gasteiger partial charge in [-0.05, 0) is 19.3 Å². The summed E-state index contributed by atoms with van der Waals surface area (Å²) in [6.07, 6.45) is 8.65. The summed E-state index contributed by atoms with van der Waals surface area (Å²) in [6, 6.07) is 0. The molecule has 1 aliphatic heterocycles. The van der Waals surface area contributed by atoms with Crippen molar-refractivity contribution < 1.29 is 4.74 Å². The Hall–Kier alpha value is -1.69. The van der Waals surface area contributed by atoms with Gasteiger partial charge in [-0.15, -0.1) is 0 Å². The summed E-state index contributed by atoms with van der Waals surface area (Å²) in [4.78, 5) is 4.08. The van der Waals surface area contributed by atoms with Crippen LogP contribution < -0.4 is 0 Å². The Morgan fingerprint density at radius 1 is 1.44 bits per heavy atom. The molecule has 2 aromatic heterocycles. The molecule has 1 unspecified atom stereocenters. The van der Waals surface area contributed by atoms with Crippen LogP contribution >= 0.6 is 0 Å². The first-order valence-corrected chi connectivity index (χ1v) is 5.45. The van der Waals surface area contributed by atoms with E-state index < -0.39 is 0 Å². The SMILES string of the molecule is c1n[nH]c(-c2cnn(C3CCCCO3)c2)n1. The number of nitrogens with one attached hydrogen (secondary N) is 1. The standard InChI is InChI=1S/C10H13N5O/c1-2-4-16-9(3-1)15-6-8(5-13-15)10-11-7-12-14-10/h5-7,9H,1-4H2,(H,11,12,14). The van der Waals surface area contributed by atoms with Crippen molar-refractivity contribution in [2.24, 2.45) is 0 Å². The Bertz CT molecular complexity index is 443. The van der Waals surface area contributed by atoms with E-state index in [1.165, 1.54) is 12.7 Å². The van der Waals surface area contributed by atoms with E-state index in [2.05, 4.69) is 20.3 Å². The van der Waals surface area contributed by atoms with E-state index in [4.69, 9.17) is 4.74 Å². The minimum atomic E-state index is 0.0745. The molecule has 2 aromatic rings.